The molecule has 0 radical (unpaired) electrons. The molecule has 1 aromatic carbocycles. The van der Waals surface area contributed by atoms with Crippen molar-refractivity contribution in [3.63, 3.8) is 0 Å². The Morgan fingerprint density at radius 1 is 1.30 bits per heavy atom. The Morgan fingerprint density at radius 3 is 2.70 bits per heavy atom. The number of benzene rings is 1. The highest BCUT2D eigenvalue weighted by atomic mass is 35.5. The van der Waals surface area contributed by atoms with Gasteiger partial charge in [-0.1, -0.05) is 23.7 Å². The summed E-state index contributed by atoms with van der Waals surface area (Å²) in [5.41, 5.74) is 1.02. The van der Waals surface area contributed by atoms with Gasteiger partial charge in [-0.25, -0.2) is 0 Å². The van der Waals surface area contributed by atoms with Crippen LogP contribution in [-0.4, -0.2) is 16.7 Å². The fourth-order valence-corrected chi connectivity index (χ4v) is 2.71. The molecule has 0 aliphatic heterocycles. The normalized spacial score (nSPS) is 10.5. The molecule has 0 aliphatic rings. The molecule has 0 atom stereocenters. The molecule has 0 bridgehead atoms. The summed E-state index contributed by atoms with van der Waals surface area (Å²) in [6.07, 6.45) is 3.16. The lowest BCUT2D eigenvalue weighted by Crippen LogP contribution is -2.24. The maximum Gasteiger partial charge on any atom is 0.270 e. The highest BCUT2D eigenvalue weighted by molar-refractivity contribution is 6.36. The average molecular weight is 326 g/mol. The van der Waals surface area contributed by atoms with E-state index in [1.807, 2.05) is 30.3 Å². The molecule has 23 heavy (non-hydrogen) atoms. The zero-order valence-electron chi connectivity index (χ0n) is 12.3. The predicted molar refractivity (Wildman–Crippen MR) is 87.8 cm³/mol. The molecule has 2 aromatic heterocycles. The Kier molecular flexibility index (Phi) is 4.00. The molecule has 3 rings (SSSR count). The number of hydrogen-bond acceptors (Lipinski definition) is 4. The van der Waals surface area contributed by atoms with Crippen LogP contribution in [0.5, 0.6) is 5.75 Å². The van der Waals surface area contributed by atoms with Crippen LogP contribution in [0, 0.1) is 11.3 Å². The molecule has 3 aromatic rings. The molecule has 5 nitrogen and oxygen atoms in total. The van der Waals surface area contributed by atoms with Crippen LogP contribution in [0.25, 0.3) is 10.9 Å². The van der Waals surface area contributed by atoms with Crippen LogP contribution in [0.1, 0.15) is 11.1 Å². The van der Waals surface area contributed by atoms with Crippen molar-refractivity contribution in [1.82, 2.24) is 9.55 Å². The molecular weight excluding hydrogens is 314 g/mol. The summed E-state index contributed by atoms with van der Waals surface area (Å²) in [5, 5.41) is 10.0. The lowest BCUT2D eigenvalue weighted by Gasteiger charge is -2.12. The fourth-order valence-electron chi connectivity index (χ4n) is 2.43. The van der Waals surface area contributed by atoms with E-state index in [1.54, 1.807) is 25.6 Å². The Hall–Kier alpha value is -2.84. The zero-order valence-corrected chi connectivity index (χ0v) is 13.0. The maximum absolute atomic E-state index is 12.6. The van der Waals surface area contributed by atoms with E-state index in [9.17, 15) is 10.1 Å². The van der Waals surface area contributed by atoms with E-state index in [2.05, 4.69) is 4.98 Å². The molecule has 0 saturated heterocycles. The summed E-state index contributed by atoms with van der Waals surface area (Å²) in [5.74, 6) is 0.737. The van der Waals surface area contributed by atoms with E-state index in [-0.39, 0.29) is 10.6 Å². The number of rotatable bonds is 3. The minimum atomic E-state index is -0.422. The van der Waals surface area contributed by atoms with E-state index in [0.717, 1.165) is 11.3 Å². The first kappa shape index (κ1) is 15.1. The van der Waals surface area contributed by atoms with Gasteiger partial charge in [-0.05, 0) is 23.8 Å². The maximum atomic E-state index is 12.6. The van der Waals surface area contributed by atoms with Crippen molar-refractivity contribution in [3.05, 3.63) is 69.2 Å². The van der Waals surface area contributed by atoms with Gasteiger partial charge >= 0.3 is 0 Å². The molecular formula is C17H12ClN3O2. The molecule has 0 unspecified atom stereocenters. The van der Waals surface area contributed by atoms with Gasteiger partial charge in [0.25, 0.3) is 5.56 Å². The van der Waals surface area contributed by atoms with Gasteiger partial charge in [-0.2, -0.15) is 5.26 Å². The monoisotopic (exact) mass is 325 g/mol. The number of nitrogens with zero attached hydrogens (tertiary/aromatic N) is 3. The largest absolute Gasteiger partial charge is 0.497 e. The van der Waals surface area contributed by atoms with E-state index in [4.69, 9.17) is 16.3 Å². The van der Waals surface area contributed by atoms with Gasteiger partial charge in [-0.3, -0.25) is 9.78 Å². The molecule has 2 heterocycles. The fraction of sp³-hybridized carbons (Fsp3) is 0.118. The standard InChI is InChI=1S/C17H12ClN3O2/c1-23-12-4-2-11(3-5-12)10-21-15-9-20-7-6-13(15)16(18)14(8-19)17(21)22/h2-7,9H,10H2,1H3. The van der Waals surface area contributed by atoms with E-state index in [0.29, 0.717) is 17.4 Å². The van der Waals surface area contributed by atoms with Crippen LogP contribution in [0.2, 0.25) is 5.02 Å². The number of fused-ring (bicyclic) bond motifs is 1. The van der Waals surface area contributed by atoms with Crippen LogP contribution in [0.15, 0.2) is 47.5 Å². The number of methoxy groups -OCH3 is 1. The summed E-state index contributed by atoms with van der Waals surface area (Å²) < 4.78 is 6.64. The number of ether oxygens (including phenoxy) is 1. The minimum Gasteiger partial charge on any atom is -0.497 e. The number of nitriles is 1. The van der Waals surface area contributed by atoms with E-state index < -0.39 is 5.56 Å². The Balaban J connectivity index is 2.20. The first-order valence-electron chi connectivity index (χ1n) is 6.84. The molecule has 0 saturated carbocycles. The minimum absolute atomic E-state index is 0.0566. The smallest absolute Gasteiger partial charge is 0.270 e. The zero-order chi connectivity index (χ0) is 16.4. The summed E-state index contributed by atoms with van der Waals surface area (Å²) >= 11 is 6.18. The molecule has 0 amide bonds. The van der Waals surface area contributed by atoms with Gasteiger partial charge in [0, 0.05) is 11.6 Å². The molecule has 0 fully saturated rings. The Labute approximate surface area is 137 Å². The van der Waals surface area contributed by atoms with Gasteiger partial charge < -0.3 is 9.30 Å². The van der Waals surface area contributed by atoms with E-state index >= 15 is 0 Å². The second-order valence-electron chi connectivity index (χ2n) is 4.93. The van der Waals surface area contributed by atoms with Crippen molar-refractivity contribution in [3.8, 4) is 11.8 Å². The van der Waals surface area contributed by atoms with Gasteiger partial charge in [0.1, 0.15) is 17.4 Å². The number of hydrogen-bond donors (Lipinski definition) is 0. The third-order valence-electron chi connectivity index (χ3n) is 3.62. The highest BCUT2D eigenvalue weighted by Gasteiger charge is 2.15. The molecule has 0 aliphatic carbocycles. The van der Waals surface area contributed by atoms with E-state index in [1.165, 1.54) is 4.57 Å². The second-order valence-corrected chi connectivity index (χ2v) is 5.31. The van der Waals surface area contributed by atoms with Crippen molar-refractivity contribution in [2.24, 2.45) is 0 Å². The SMILES string of the molecule is COc1ccc(Cn2c(=O)c(C#N)c(Cl)c3ccncc32)cc1. The van der Waals surface area contributed by atoms with Crippen molar-refractivity contribution >= 4 is 22.5 Å². The Bertz CT molecular complexity index is 972. The van der Waals surface area contributed by atoms with Gasteiger partial charge in [0.15, 0.2) is 0 Å². The second kappa shape index (κ2) is 6.11. The first-order chi connectivity index (χ1) is 11.2. The summed E-state index contributed by atoms with van der Waals surface area (Å²) in [7, 11) is 1.59. The molecule has 0 spiro atoms. The third kappa shape index (κ3) is 2.65. The van der Waals surface area contributed by atoms with Gasteiger partial charge in [0.05, 0.1) is 30.4 Å². The predicted octanol–water partition coefficient (Wildman–Crippen LogP) is 2.98. The summed E-state index contributed by atoms with van der Waals surface area (Å²) in [6.45, 7) is 0.316. The number of aromatic nitrogens is 2. The van der Waals surface area contributed by atoms with Crippen LogP contribution < -0.4 is 10.3 Å². The van der Waals surface area contributed by atoms with Crippen LogP contribution in [0.4, 0.5) is 0 Å². The molecule has 6 heteroatoms. The van der Waals surface area contributed by atoms with Gasteiger partial charge in [-0.15, -0.1) is 0 Å². The van der Waals surface area contributed by atoms with Crippen molar-refractivity contribution in [2.45, 2.75) is 6.54 Å². The molecule has 0 N–H and O–H groups in total. The molecule has 114 valence electrons. The van der Waals surface area contributed by atoms with Crippen LogP contribution in [-0.2, 0) is 6.54 Å². The summed E-state index contributed by atoms with van der Waals surface area (Å²) in [6, 6.07) is 11.0. The van der Waals surface area contributed by atoms with Crippen LogP contribution in [0.3, 0.4) is 0 Å². The average Bonchev–Trinajstić information content (AvgIpc) is 2.59. The lowest BCUT2D eigenvalue weighted by atomic mass is 10.1. The van der Waals surface area contributed by atoms with Gasteiger partial charge in [0.2, 0.25) is 0 Å². The lowest BCUT2D eigenvalue weighted by molar-refractivity contribution is 0.414. The number of halogens is 1. The quantitative estimate of drug-likeness (QED) is 0.742. The third-order valence-corrected chi connectivity index (χ3v) is 4.01. The Morgan fingerprint density at radius 2 is 2.04 bits per heavy atom. The number of pyridine rings is 2. The van der Waals surface area contributed by atoms with Crippen LogP contribution >= 0.6 is 11.6 Å². The highest BCUT2D eigenvalue weighted by Crippen LogP contribution is 2.24. The summed E-state index contributed by atoms with van der Waals surface area (Å²) in [4.78, 5) is 16.6. The van der Waals surface area contributed by atoms with Crippen molar-refractivity contribution in [2.75, 3.05) is 7.11 Å². The first-order valence-corrected chi connectivity index (χ1v) is 7.22. The topological polar surface area (TPSA) is 67.9 Å². The van der Waals surface area contributed by atoms with Crippen molar-refractivity contribution in [1.29, 1.82) is 5.26 Å². The van der Waals surface area contributed by atoms with Crippen molar-refractivity contribution < 1.29 is 4.74 Å².